The van der Waals surface area contributed by atoms with Gasteiger partial charge in [-0.3, -0.25) is 4.79 Å². The zero-order valence-corrected chi connectivity index (χ0v) is 15.3. The number of nitrogens with zero attached hydrogens (tertiary/aromatic N) is 1. The van der Waals surface area contributed by atoms with Crippen LogP contribution in [0.4, 0.5) is 0 Å². The van der Waals surface area contributed by atoms with Gasteiger partial charge >= 0.3 is 0 Å². The summed E-state index contributed by atoms with van der Waals surface area (Å²) in [5.41, 5.74) is 1.36. The van der Waals surface area contributed by atoms with Gasteiger partial charge in [0.15, 0.2) is 0 Å². The van der Waals surface area contributed by atoms with Gasteiger partial charge in [0.05, 0.1) is 0 Å². The summed E-state index contributed by atoms with van der Waals surface area (Å²) in [7, 11) is -1.96. The predicted octanol–water partition coefficient (Wildman–Crippen LogP) is 1.89. The summed E-state index contributed by atoms with van der Waals surface area (Å²) in [6, 6.07) is 6.92. The number of carbonyl (C=O) groups excluding carboxylic acids is 1. The fourth-order valence-corrected chi connectivity index (χ4v) is 2.84. The highest BCUT2D eigenvalue weighted by Gasteiger charge is 2.19. The Balaban J connectivity index is 2.66. The van der Waals surface area contributed by atoms with Gasteiger partial charge in [0.25, 0.3) is 16.1 Å². The maximum Gasteiger partial charge on any atom is 0.279 e. The first-order valence-corrected chi connectivity index (χ1v) is 9.23. The summed E-state index contributed by atoms with van der Waals surface area (Å²) in [5.74, 6) is -0.119. The van der Waals surface area contributed by atoms with Crippen LogP contribution in [-0.4, -0.2) is 37.8 Å². The van der Waals surface area contributed by atoms with Gasteiger partial charge in [0.1, 0.15) is 0 Å². The Morgan fingerprint density at radius 1 is 1.17 bits per heavy atom. The number of benzene rings is 1. The van der Waals surface area contributed by atoms with Gasteiger partial charge in [-0.25, -0.2) is 0 Å². The van der Waals surface area contributed by atoms with Crippen LogP contribution in [0.2, 0.25) is 0 Å². The lowest BCUT2D eigenvalue weighted by Gasteiger charge is -2.21. The minimum absolute atomic E-state index is 0.112. The Hall–Kier alpha value is -1.44. The molecule has 2 N–H and O–H groups in total. The van der Waals surface area contributed by atoms with Crippen LogP contribution in [0.5, 0.6) is 0 Å². The molecule has 0 saturated carbocycles. The Kier molecular flexibility index (Phi) is 7.18. The van der Waals surface area contributed by atoms with Crippen molar-refractivity contribution in [3.63, 3.8) is 0 Å². The van der Waals surface area contributed by atoms with Crippen molar-refractivity contribution in [3.05, 3.63) is 35.4 Å². The highest BCUT2D eigenvalue weighted by atomic mass is 32.2. The first-order valence-electron chi connectivity index (χ1n) is 7.79. The third kappa shape index (κ3) is 5.93. The van der Waals surface area contributed by atoms with Crippen LogP contribution in [0.1, 0.15) is 50.0 Å². The summed E-state index contributed by atoms with van der Waals surface area (Å²) in [6.07, 6.45) is 0.870. The van der Waals surface area contributed by atoms with Crippen LogP contribution in [0.15, 0.2) is 24.3 Å². The molecule has 1 atom stereocenters. The molecule has 0 aliphatic rings. The van der Waals surface area contributed by atoms with Crippen LogP contribution < -0.4 is 10.0 Å². The Labute approximate surface area is 139 Å². The van der Waals surface area contributed by atoms with Crippen molar-refractivity contribution < 1.29 is 13.2 Å². The first kappa shape index (κ1) is 19.6. The summed E-state index contributed by atoms with van der Waals surface area (Å²) in [4.78, 5) is 12.0. The van der Waals surface area contributed by atoms with Gasteiger partial charge in [0.2, 0.25) is 0 Å². The molecule has 130 valence electrons. The van der Waals surface area contributed by atoms with Crippen LogP contribution in [-0.2, 0) is 16.8 Å². The molecule has 1 amide bonds. The number of hydrogen-bond donors (Lipinski definition) is 2. The van der Waals surface area contributed by atoms with E-state index in [2.05, 4.69) is 10.0 Å². The van der Waals surface area contributed by atoms with E-state index < -0.39 is 10.2 Å². The standard InChI is InChI=1S/C16H27N3O3S/c1-6-13(4)18-16(20)15-9-7-14(8-10-15)11-17-23(21,22)19(5)12(2)3/h7-10,12-13,17H,6,11H2,1-5H3,(H,18,20)/t13-/m1/s1. The van der Waals surface area contributed by atoms with Crippen molar-refractivity contribution in [2.24, 2.45) is 0 Å². The third-order valence-electron chi connectivity index (χ3n) is 3.77. The first-order chi connectivity index (χ1) is 10.7. The van der Waals surface area contributed by atoms with Gasteiger partial charge in [-0.15, -0.1) is 0 Å². The quantitative estimate of drug-likeness (QED) is 0.758. The third-order valence-corrected chi connectivity index (χ3v) is 5.46. The van der Waals surface area contributed by atoms with Crippen LogP contribution in [0.25, 0.3) is 0 Å². The molecule has 0 bridgehead atoms. The smallest absolute Gasteiger partial charge is 0.279 e. The number of carbonyl (C=O) groups is 1. The van der Waals surface area contributed by atoms with E-state index in [0.29, 0.717) is 5.56 Å². The molecule has 0 fully saturated rings. The number of amides is 1. The zero-order chi connectivity index (χ0) is 17.6. The monoisotopic (exact) mass is 341 g/mol. The van der Waals surface area contributed by atoms with Crippen LogP contribution in [0.3, 0.4) is 0 Å². The minimum Gasteiger partial charge on any atom is -0.350 e. The van der Waals surface area contributed by atoms with Crippen molar-refractivity contribution in [3.8, 4) is 0 Å². The fraction of sp³-hybridized carbons (Fsp3) is 0.562. The average molecular weight is 341 g/mol. The maximum atomic E-state index is 12.0. The molecule has 0 unspecified atom stereocenters. The van der Waals surface area contributed by atoms with Crippen molar-refractivity contribution in [1.82, 2.24) is 14.3 Å². The fourth-order valence-electron chi connectivity index (χ4n) is 1.74. The van der Waals surface area contributed by atoms with E-state index in [0.717, 1.165) is 12.0 Å². The van der Waals surface area contributed by atoms with Crippen LogP contribution in [0, 0.1) is 0 Å². The normalized spacial score (nSPS) is 13.3. The SMILES string of the molecule is CC[C@@H](C)NC(=O)c1ccc(CNS(=O)(=O)N(C)C(C)C)cc1. The molecular weight excluding hydrogens is 314 g/mol. The maximum absolute atomic E-state index is 12.0. The molecule has 0 heterocycles. The van der Waals surface area contributed by atoms with E-state index in [-0.39, 0.29) is 24.5 Å². The molecule has 0 saturated heterocycles. The molecule has 0 radical (unpaired) electrons. The van der Waals surface area contributed by atoms with E-state index in [9.17, 15) is 13.2 Å². The van der Waals surface area contributed by atoms with Gasteiger partial charge in [0, 0.05) is 31.2 Å². The highest BCUT2D eigenvalue weighted by Crippen LogP contribution is 2.07. The van der Waals surface area contributed by atoms with Gasteiger partial charge in [-0.2, -0.15) is 17.4 Å². The summed E-state index contributed by atoms with van der Waals surface area (Å²) in [5, 5.41) is 2.89. The van der Waals surface area contributed by atoms with E-state index in [1.807, 2.05) is 27.7 Å². The lowest BCUT2D eigenvalue weighted by atomic mass is 10.1. The lowest BCUT2D eigenvalue weighted by Crippen LogP contribution is -2.41. The molecule has 0 spiro atoms. The molecule has 0 aliphatic carbocycles. The van der Waals surface area contributed by atoms with E-state index in [1.165, 1.54) is 11.4 Å². The summed E-state index contributed by atoms with van der Waals surface area (Å²) in [6.45, 7) is 7.77. The second-order valence-electron chi connectivity index (χ2n) is 5.92. The molecule has 1 aromatic rings. The average Bonchev–Trinajstić information content (AvgIpc) is 2.52. The molecule has 1 aromatic carbocycles. The molecule has 1 rings (SSSR count). The Bertz CT molecular complexity index is 612. The number of hydrogen-bond acceptors (Lipinski definition) is 3. The zero-order valence-electron chi connectivity index (χ0n) is 14.5. The van der Waals surface area contributed by atoms with Gasteiger partial charge < -0.3 is 5.32 Å². The highest BCUT2D eigenvalue weighted by molar-refractivity contribution is 7.87. The summed E-state index contributed by atoms with van der Waals surface area (Å²) < 4.78 is 27.9. The number of rotatable bonds is 8. The second kappa shape index (κ2) is 8.42. The van der Waals surface area contributed by atoms with Gasteiger partial charge in [-0.05, 0) is 44.9 Å². The lowest BCUT2D eigenvalue weighted by molar-refractivity contribution is 0.0939. The Morgan fingerprint density at radius 2 is 1.74 bits per heavy atom. The molecule has 0 aliphatic heterocycles. The molecule has 6 nitrogen and oxygen atoms in total. The molecule has 0 aromatic heterocycles. The van der Waals surface area contributed by atoms with E-state index >= 15 is 0 Å². The number of nitrogens with one attached hydrogen (secondary N) is 2. The second-order valence-corrected chi connectivity index (χ2v) is 7.73. The van der Waals surface area contributed by atoms with Crippen molar-refractivity contribution >= 4 is 16.1 Å². The topological polar surface area (TPSA) is 78.5 Å². The predicted molar refractivity (Wildman–Crippen MR) is 92.3 cm³/mol. The summed E-state index contributed by atoms with van der Waals surface area (Å²) >= 11 is 0. The van der Waals surface area contributed by atoms with Crippen molar-refractivity contribution in [2.45, 2.75) is 52.7 Å². The van der Waals surface area contributed by atoms with Crippen molar-refractivity contribution in [1.29, 1.82) is 0 Å². The van der Waals surface area contributed by atoms with Crippen molar-refractivity contribution in [2.75, 3.05) is 7.05 Å². The largest absolute Gasteiger partial charge is 0.350 e. The molecule has 23 heavy (non-hydrogen) atoms. The molecule has 7 heteroatoms. The van der Waals surface area contributed by atoms with E-state index in [4.69, 9.17) is 0 Å². The Morgan fingerprint density at radius 3 is 2.22 bits per heavy atom. The van der Waals surface area contributed by atoms with Crippen LogP contribution >= 0.6 is 0 Å². The van der Waals surface area contributed by atoms with E-state index in [1.54, 1.807) is 24.3 Å². The minimum atomic E-state index is -3.50. The molecular formula is C16H27N3O3S. The van der Waals surface area contributed by atoms with Gasteiger partial charge in [-0.1, -0.05) is 19.1 Å².